The molecule has 0 spiro atoms. The van der Waals surface area contributed by atoms with Crippen LogP contribution in [0.3, 0.4) is 0 Å². The van der Waals surface area contributed by atoms with Gasteiger partial charge >= 0.3 is 0 Å². The van der Waals surface area contributed by atoms with Gasteiger partial charge in [0.2, 0.25) is 0 Å². The number of carbonyl (C=O) groups excluding carboxylic acids is 1. The highest BCUT2D eigenvalue weighted by Gasteiger charge is 2.32. The third-order valence-electron chi connectivity index (χ3n) is 3.83. The Morgan fingerprint density at radius 3 is 2.53 bits per heavy atom. The van der Waals surface area contributed by atoms with E-state index in [0.717, 1.165) is 32.3 Å². The molecule has 1 saturated carbocycles. The molecule has 1 aliphatic carbocycles. The Hall–Kier alpha value is -0.280. The van der Waals surface area contributed by atoms with E-state index in [0.29, 0.717) is 18.5 Å². The average Bonchev–Trinajstić information content (AvgIpc) is 2.90. The van der Waals surface area contributed by atoms with Gasteiger partial charge < -0.3 is 9.64 Å². The smallest absolute Gasteiger partial charge is 0.251 e. The van der Waals surface area contributed by atoms with Crippen molar-refractivity contribution in [1.82, 2.24) is 4.90 Å². The molecule has 17 heavy (non-hydrogen) atoms. The van der Waals surface area contributed by atoms with Crippen LogP contribution in [0.1, 0.15) is 44.9 Å². The molecule has 0 N–H and O–H groups in total. The molecule has 1 unspecified atom stereocenters. The van der Waals surface area contributed by atoms with Crippen LogP contribution in [0.5, 0.6) is 0 Å². The lowest BCUT2D eigenvalue weighted by atomic mass is 9.93. The monoisotopic (exact) mass is 259 g/mol. The highest BCUT2D eigenvalue weighted by atomic mass is 35.5. The van der Waals surface area contributed by atoms with E-state index < -0.39 is 0 Å². The lowest BCUT2D eigenvalue weighted by molar-refractivity contribution is -0.143. The molecule has 0 bridgehead atoms. The number of alkyl halides is 1. The highest BCUT2D eigenvalue weighted by Crippen LogP contribution is 2.25. The van der Waals surface area contributed by atoms with Gasteiger partial charge in [0.15, 0.2) is 0 Å². The van der Waals surface area contributed by atoms with Crippen LogP contribution < -0.4 is 0 Å². The molecular formula is C13H22ClNO2. The van der Waals surface area contributed by atoms with Gasteiger partial charge in [0.05, 0.1) is 0 Å². The zero-order valence-electron chi connectivity index (χ0n) is 10.4. The van der Waals surface area contributed by atoms with Crippen LogP contribution in [0.4, 0.5) is 0 Å². The standard InChI is InChI=1S/C13H22ClNO2/c14-8-9-15(11-5-2-1-3-6-11)13(16)12-7-4-10-17-12/h11-12H,1-10H2. The van der Waals surface area contributed by atoms with E-state index in [-0.39, 0.29) is 12.0 Å². The average molecular weight is 260 g/mol. The van der Waals surface area contributed by atoms with Crippen LogP contribution >= 0.6 is 11.6 Å². The number of carbonyl (C=O) groups is 1. The van der Waals surface area contributed by atoms with Crippen molar-refractivity contribution < 1.29 is 9.53 Å². The second-order valence-corrected chi connectivity index (χ2v) is 5.39. The molecule has 1 saturated heterocycles. The summed E-state index contributed by atoms with van der Waals surface area (Å²) in [5.41, 5.74) is 0. The van der Waals surface area contributed by atoms with Crippen LogP contribution in [0.25, 0.3) is 0 Å². The molecule has 4 heteroatoms. The largest absolute Gasteiger partial charge is 0.368 e. The van der Waals surface area contributed by atoms with Crippen LogP contribution in [-0.4, -0.2) is 42.0 Å². The molecule has 2 rings (SSSR count). The van der Waals surface area contributed by atoms with Gasteiger partial charge in [-0.15, -0.1) is 11.6 Å². The van der Waals surface area contributed by atoms with E-state index in [1.165, 1.54) is 19.3 Å². The minimum Gasteiger partial charge on any atom is -0.368 e. The van der Waals surface area contributed by atoms with Gasteiger partial charge in [-0.05, 0) is 25.7 Å². The molecule has 98 valence electrons. The number of amides is 1. The van der Waals surface area contributed by atoms with Gasteiger partial charge in [-0.1, -0.05) is 19.3 Å². The van der Waals surface area contributed by atoms with E-state index in [1.807, 2.05) is 4.90 Å². The van der Waals surface area contributed by atoms with Crippen molar-refractivity contribution in [3.8, 4) is 0 Å². The fraction of sp³-hybridized carbons (Fsp3) is 0.923. The molecule has 1 atom stereocenters. The third-order valence-corrected chi connectivity index (χ3v) is 4.00. The van der Waals surface area contributed by atoms with Crippen molar-refractivity contribution >= 4 is 17.5 Å². The van der Waals surface area contributed by atoms with E-state index >= 15 is 0 Å². The van der Waals surface area contributed by atoms with Crippen molar-refractivity contribution in [1.29, 1.82) is 0 Å². The minimum atomic E-state index is -0.194. The molecule has 0 radical (unpaired) electrons. The molecule has 2 aliphatic rings. The van der Waals surface area contributed by atoms with Crippen LogP contribution in [-0.2, 0) is 9.53 Å². The van der Waals surface area contributed by atoms with Gasteiger partial charge in [0.1, 0.15) is 6.10 Å². The minimum absolute atomic E-state index is 0.176. The Kier molecular flexibility index (Phi) is 5.11. The number of hydrogen-bond acceptors (Lipinski definition) is 2. The SMILES string of the molecule is O=C(C1CCCO1)N(CCCl)C1CCCCC1. The van der Waals surface area contributed by atoms with Crippen LogP contribution in [0, 0.1) is 0 Å². The Morgan fingerprint density at radius 1 is 1.18 bits per heavy atom. The summed E-state index contributed by atoms with van der Waals surface area (Å²) < 4.78 is 5.50. The van der Waals surface area contributed by atoms with Crippen molar-refractivity contribution in [2.75, 3.05) is 19.0 Å². The first kappa shape index (κ1) is 13.2. The second-order valence-electron chi connectivity index (χ2n) is 5.01. The van der Waals surface area contributed by atoms with Gasteiger partial charge in [-0.3, -0.25) is 4.79 Å². The molecule has 2 fully saturated rings. The fourth-order valence-electron chi connectivity index (χ4n) is 2.91. The number of rotatable bonds is 4. The molecule has 0 aromatic rings. The van der Waals surface area contributed by atoms with Crippen molar-refractivity contribution in [3.05, 3.63) is 0 Å². The summed E-state index contributed by atoms with van der Waals surface area (Å²) >= 11 is 5.83. The lowest BCUT2D eigenvalue weighted by Crippen LogP contribution is -2.47. The predicted octanol–water partition coefficient (Wildman–Crippen LogP) is 2.57. The highest BCUT2D eigenvalue weighted by molar-refractivity contribution is 6.18. The maximum atomic E-state index is 12.4. The summed E-state index contributed by atoms with van der Waals surface area (Å²) in [5, 5.41) is 0. The fourth-order valence-corrected chi connectivity index (χ4v) is 3.10. The molecule has 3 nitrogen and oxygen atoms in total. The van der Waals surface area contributed by atoms with E-state index in [9.17, 15) is 4.79 Å². The molecular weight excluding hydrogens is 238 g/mol. The van der Waals surface area contributed by atoms with Gasteiger partial charge in [0.25, 0.3) is 5.91 Å². The number of hydrogen-bond donors (Lipinski definition) is 0. The van der Waals surface area contributed by atoms with E-state index in [4.69, 9.17) is 16.3 Å². The lowest BCUT2D eigenvalue weighted by Gasteiger charge is -2.35. The van der Waals surface area contributed by atoms with Crippen LogP contribution in [0.15, 0.2) is 0 Å². The summed E-state index contributed by atoms with van der Waals surface area (Å²) in [7, 11) is 0. The van der Waals surface area contributed by atoms with E-state index in [2.05, 4.69) is 0 Å². The molecule has 1 amide bonds. The Morgan fingerprint density at radius 2 is 1.94 bits per heavy atom. The molecule has 0 aromatic carbocycles. The van der Waals surface area contributed by atoms with Crippen LogP contribution in [0.2, 0.25) is 0 Å². The van der Waals surface area contributed by atoms with Gasteiger partial charge in [-0.25, -0.2) is 0 Å². The molecule has 1 aliphatic heterocycles. The Labute approximate surface area is 108 Å². The zero-order valence-corrected chi connectivity index (χ0v) is 11.1. The number of nitrogens with zero attached hydrogens (tertiary/aromatic N) is 1. The number of ether oxygens (including phenoxy) is 1. The van der Waals surface area contributed by atoms with Gasteiger partial charge in [0, 0.05) is 25.1 Å². The zero-order chi connectivity index (χ0) is 12.1. The Bertz CT molecular complexity index is 248. The second kappa shape index (κ2) is 6.60. The maximum absolute atomic E-state index is 12.4. The molecule has 0 aromatic heterocycles. The first-order valence-corrected chi connectivity index (χ1v) is 7.34. The maximum Gasteiger partial charge on any atom is 0.251 e. The summed E-state index contributed by atoms with van der Waals surface area (Å²) in [5.74, 6) is 0.699. The molecule has 1 heterocycles. The Balaban J connectivity index is 1.96. The normalized spacial score (nSPS) is 26.1. The summed E-state index contributed by atoms with van der Waals surface area (Å²) in [4.78, 5) is 14.4. The third kappa shape index (κ3) is 3.35. The quantitative estimate of drug-likeness (QED) is 0.727. The summed E-state index contributed by atoms with van der Waals surface area (Å²) in [6.45, 7) is 1.40. The summed E-state index contributed by atoms with van der Waals surface area (Å²) in [6.07, 6.45) is 7.74. The first-order chi connectivity index (χ1) is 8.33. The van der Waals surface area contributed by atoms with Gasteiger partial charge in [-0.2, -0.15) is 0 Å². The van der Waals surface area contributed by atoms with Crippen molar-refractivity contribution in [2.45, 2.75) is 57.1 Å². The summed E-state index contributed by atoms with van der Waals surface area (Å²) in [6, 6.07) is 0.402. The van der Waals surface area contributed by atoms with Crippen molar-refractivity contribution in [3.63, 3.8) is 0 Å². The first-order valence-electron chi connectivity index (χ1n) is 6.81. The number of halogens is 1. The predicted molar refractivity (Wildman–Crippen MR) is 68.3 cm³/mol. The van der Waals surface area contributed by atoms with Crippen molar-refractivity contribution in [2.24, 2.45) is 0 Å². The van der Waals surface area contributed by atoms with E-state index in [1.54, 1.807) is 0 Å². The topological polar surface area (TPSA) is 29.5 Å².